The molecule has 1 heterocycles. The van der Waals surface area contributed by atoms with Crippen LogP contribution in [-0.2, 0) is 19.1 Å². The smallest absolute Gasteiger partial charge is 0.325 e. The van der Waals surface area contributed by atoms with Crippen molar-refractivity contribution in [2.24, 2.45) is 0 Å². The summed E-state index contributed by atoms with van der Waals surface area (Å²) in [5, 5.41) is 2.51. The Morgan fingerprint density at radius 2 is 2.27 bits per heavy atom. The number of nitrogens with one attached hydrogen (secondary N) is 1. The predicted molar refractivity (Wildman–Crippen MR) is 53.2 cm³/mol. The topological polar surface area (TPSA) is 64.6 Å². The third-order valence-corrected chi connectivity index (χ3v) is 2.40. The molecule has 0 radical (unpaired) electrons. The van der Waals surface area contributed by atoms with Gasteiger partial charge in [-0.1, -0.05) is 0 Å². The van der Waals surface area contributed by atoms with Gasteiger partial charge in [0.15, 0.2) is 0 Å². The van der Waals surface area contributed by atoms with E-state index in [0.717, 1.165) is 6.42 Å². The molecule has 1 unspecified atom stereocenters. The fraction of sp³-hybridized carbons (Fsp3) is 0.800. The van der Waals surface area contributed by atoms with Gasteiger partial charge in [-0.05, 0) is 26.7 Å². The van der Waals surface area contributed by atoms with Gasteiger partial charge in [-0.2, -0.15) is 0 Å². The number of hydrogen-bond donors (Lipinski definition) is 1. The Hall–Kier alpha value is -1.10. The first kappa shape index (κ1) is 12.0. The van der Waals surface area contributed by atoms with E-state index in [-0.39, 0.29) is 12.5 Å². The molecule has 0 aromatic rings. The second kappa shape index (κ2) is 5.11. The molecule has 1 N–H and O–H groups in total. The second-order valence-corrected chi connectivity index (χ2v) is 3.67. The van der Waals surface area contributed by atoms with Crippen molar-refractivity contribution in [1.29, 1.82) is 0 Å². The van der Waals surface area contributed by atoms with E-state index in [4.69, 9.17) is 9.47 Å². The summed E-state index contributed by atoms with van der Waals surface area (Å²) >= 11 is 0. The maximum absolute atomic E-state index is 11.6. The summed E-state index contributed by atoms with van der Waals surface area (Å²) in [5.74, 6) is -0.666. The summed E-state index contributed by atoms with van der Waals surface area (Å²) in [6.07, 6.45) is 1.57. The fourth-order valence-corrected chi connectivity index (χ4v) is 1.51. The molecule has 0 aromatic carbocycles. The van der Waals surface area contributed by atoms with Crippen LogP contribution in [0.5, 0.6) is 0 Å². The predicted octanol–water partition coefficient (Wildman–Crippen LogP) is 0.235. The zero-order valence-electron chi connectivity index (χ0n) is 9.17. The van der Waals surface area contributed by atoms with Crippen LogP contribution in [0.15, 0.2) is 0 Å². The van der Waals surface area contributed by atoms with Gasteiger partial charge in [0.05, 0.1) is 6.61 Å². The van der Waals surface area contributed by atoms with E-state index >= 15 is 0 Å². The summed E-state index contributed by atoms with van der Waals surface area (Å²) in [5.41, 5.74) is -0.771. The Bertz CT molecular complexity index is 246. The summed E-state index contributed by atoms with van der Waals surface area (Å²) in [4.78, 5) is 22.6. The van der Waals surface area contributed by atoms with Gasteiger partial charge in [-0.3, -0.25) is 9.59 Å². The van der Waals surface area contributed by atoms with Gasteiger partial charge >= 0.3 is 5.97 Å². The highest BCUT2D eigenvalue weighted by Crippen LogP contribution is 2.24. The Kier molecular flexibility index (Phi) is 4.08. The number of carbonyl (C=O) groups is 2. The summed E-state index contributed by atoms with van der Waals surface area (Å²) < 4.78 is 10.0. The van der Waals surface area contributed by atoms with Crippen molar-refractivity contribution >= 4 is 11.9 Å². The van der Waals surface area contributed by atoms with Crippen molar-refractivity contribution in [2.75, 3.05) is 19.8 Å². The molecule has 1 atom stereocenters. The summed E-state index contributed by atoms with van der Waals surface area (Å²) in [6.45, 7) is 4.29. The average Bonchev–Trinajstić information content (AvgIpc) is 2.63. The molecule has 1 aliphatic heterocycles. The van der Waals surface area contributed by atoms with Crippen LogP contribution in [0.3, 0.4) is 0 Å². The van der Waals surface area contributed by atoms with Gasteiger partial charge in [0.2, 0.25) is 0 Å². The highest BCUT2D eigenvalue weighted by Gasteiger charge is 2.37. The zero-order chi connectivity index (χ0) is 11.3. The van der Waals surface area contributed by atoms with Crippen LogP contribution in [0.1, 0.15) is 26.7 Å². The number of hydrogen-bond acceptors (Lipinski definition) is 4. The Morgan fingerprint density at radius 1 is 1.53 bits per heavy atom. The van der Waals surface area contributed by atoms with Gasteiger partial charge < -0.3 is 14.8 Å². The Balaban J connectivity index is 2.32. The van der Waals surface area contributed by atoms with Crippen molar-refractivity contribution in [3.05, 3.63) is 0 Å². The highest BCUT2D eigenvalue weighted by atomic mass is 16.5. The molecular formula is C10H17NO4. The molecule has 0 aromatic heterocycles. The molecule has 0 aliphatic carbocycles. The number of ether oxygens (including phenoxy) is 2. The highest BCUT2D eigenvalue weighted by molar-refractivity contribution is 5.88. The number of rotatable bonds is 4. The minimum absolute atomic E-state index is 0.0916. The van der Waals surface area contributed by atoms with Gasteiger partial charge in [-0.25, -0.2) is 0 Å². The van der Waals surface area contributed by atoms with E-state index in [1.54, 1.807) is 13.8 Å². The summed E-state index contributed by atoms with van der Waals surface area (Å²) in [7, 11) is 0. The lowest BCUT2D eigenvalue weighted by molar-refractivity contribution is -0.147. The van der Waals surface area contributed by atoms with Crippen LogP contribution >= 0.6 is 0 Å². The maximum atomic E-state index is 11.6. The Morgan fingerprint density at radius 3 is 2.80 bits per heavy atom. The van der Waals surface area contributed by atoms with Crippen LogP contribution in [0.4, 0.5) is 0 Å². The first-order valence-electron chi connectivity index (χ1n) is 5.16. The molecule has 0 saturated carbocycles. The molecule has 0 spiro atoms. The molecule has 1 rings (SSSR count). The van der Waals surface area contributed by atoms with E-state index < -0.39 is 11.6 Å². The van der Waals surface area contributed by atoms with Crippen LogP contribution in [-0.4, -0.2) is 37.2 Å². The van der Waals surface area contributed by atoms with Gasteiger partial charge in [-0.15, -0.1) is 0 Å². The molecule has 1 saturated heterocycles. The first-order chi connectivity index (χ1) is 7.08. The van der Waals surface area contributed by atoms with Gasteiger partial charge in [0.1, 0.15) is 12.1 Å². The summed E-state index contributed by atoms with van der Waals surface area (Å²) in [6, 6.07) is 0. The van der Waals surface area contributed by atoms with Gasteiger partial charge in [0.25, 0.3) is 5.91 Å². The Labute approximate surface area is 89.1 Å². The SMILES string of the molecule is CCOC(=O)CNC(=O)C1(C)CCCO1. The van der Waals surface area contributed by atoms with Crippen molar-refractivity contribution in [2.45, 2.75) is 32.3 Å². The first-order valence-corrected chi connectivity index (χ1v) is 5.16. The number of esters is 1. The number of amides is 1. The van der Waals surface area contributed by atoms with Crippen molar-refractivity contribution in [3.8, 4) is 0 Å². The van der Waals surface area contributed by atoms with E-state index in [9.17, 15) is 9.59 Å². The van der Waals surface area contributed by atoms with Crippen molar-refractivity contribution < 1.29 is 19.1 Å². The minimum atomic E-state index is -0.771. The quantitative estimate of drug-likeness (QED) is 0.682. The molecular weight excluding hydrogens is 198 g/mol. The van der Waals surface area contributed by atoms with Crippen molar-refractivity contribution in [3.63, 3.8) is 0 Å². The molecule has 0 bridgehead atoms. The second-order valence-electron chi connectivity index (χ2n) is 3.67. The monoisotopic (exact) mass is 215 g/mol. The van der Waals surface area contributed by atoms with Crippen LogP contribution < -0.4 is 5.32 Å². The zero-order valence-corrected chi connectivity index (χ0v) is 9.17. The van der Waals surface area contributed by atoms with Crippen LogP contribution in [0.2, 0.25) is 0 Å². The van der Waals surface area contributed by atoms with E-state index in [2.05, 4.69) is 5.32 Å². The maximum Gasteiger partial charge on any atom is 0.325 e. The standard InChI is InChI=1S/C10H17NO4/c1-3-14-8(12)7-11-9(13)10(2)5-4-6-15-10/h3-7H2,1-2H3,(H,11,13). The lowest BCUT2D eigenvalue weighted by Gasteiger charge is -2.21. The third kappa shape index (κ3) is 3.20. The number of carbonyl (C=O) groups excluding carboxylic acids is 2. The van der Waals surface area contributed by atoms with Crippen LogP contribution in [0, 0.1) is 0 Å². The van der Waals surface area contributed by atoms with E-state index in [0.29, 0.717) is 19.6 Å². The average molecular weight is 215 g/mol. The molecule has 5 nitrogen and oxygen atoms in total. The fourth-order valence-electron chi connectivity index (χ4n) is 1.51. The molecule has 1 amide bonds. The lowest BCUT2D eigenvalue weighted by Crippen LogP contribution is -2.45. The van der Waals surface area contributed by atoms with Gasteiger partial charge in [0, 0.05) is 6.61 Å². The van der Waals surface area contributed by atoms with Crippen LogP contribution in [0.25, 0.3) is 0 Å². The van der Waals surface area contributed by atoms with Crippen molar-refractivity contribution in [1.82, 2.24) is 5.32 Å². The largest absolute Gasteiger partial charge is 0.465 e. The van der Waals surface area contributed by atoms with E-state index in [1.807, 2.05) is 0 Å². The molecule has 86 valence electrons. The lowest BCUT2D eigenvalue weighted by atomic mass is 10.0. The molecule has 5 heteroatoms. The normalized spacial score (nSPS) is 24.9. The third-order valence-electron chi connectivity index (χ3n) is 2.40. The van der Waals surface area contributed by atoms with E-state index in [1.165, 1.54) is 0 Å². The minimum Gasteiger partial charge on any atom is -0.465 e. The molecule has 15 heavy (non-hydrogen) atoms. The molecule has 1 aliphatic rings. The molecule has 1 fully saturated rings.